The first-order valence-electron chi connectivity index (χ1n) is 11.1. The van der Waals surface area contributed by atoms with Crippen LogP contribution in [0.4, 0.5) is 4.39 Å². The Bertz CT molecular complexity index is 1140. The second-order valence-electron chi connectivity index (χ2n) is 8.27. The maximum absolute atomic E-state index is 13.3. The molecule has 2 aliphatic rings. The number of aromatic nitrogens is 2. The second kappa shape index (κ2) is 11.1. The van der Waals surface area contributed by atoms with Gasteiger partial charge >= 0.3 is 0 Å². The highest BCUT2D eigenvalue weighted by atomic mass is 35.5. The van der Waals surface area contributed by atoms with E-state index >= 15 is 0 Å². The Balaban J connectivity index is 1.33. The third-order valence-corrected chi connectivity index (χ3v) is 5.77. The van der Waals surface area contributed by atoms with E-state index in [0.717, 1.165) is 0 Å². The van der Waals surface area contributed by atoms with Crippen LogP contribution in [0, 0.1) is 12.7 Å². The maximum Gasteiger partial charge on any atom is 0.270 e. The lowest BCUT2D eigenvalue weighted by Gasteiger charge is -2.31. The van der Waals surface area contributed by atoms with Gasteiger partial charge in [-0.3, -0.25) is 9.59 Å². The Morgan fingerprint density at radius 3 is 2.69 bits per heavy atom. The summed E-state index contributed by atoms with van der Waals surface area (Å²) >= 11 is 5.80. The molecule has 186 valence electrons. The Hall–Kier alpha value is -3.15. The fraction of sp³-hybridized carbons (Fsp3) is 0.435. The van der Waals surface area contributed by atoms with E-state index in [2.05, 4.69) is 25.8 Å². The van der Waals surface area contributed by atoms with Crippen LogP contribution in [0.15, 0.2) is 29.4 Å². The molecule has 0 spiro atoms. The molecule has 35 heavy (non-hydrogen) atoms. The molecule has 1 fully saturated rings. The highest BCUT2D eigenvalue weighted by Gasteiger charge is 2.35. The number of amides is 2. The minimum absolute atomic E-state index is 0.0127. The zero-order valence-electron chi connectivity index (χ0n) is 19.2. The predicted molar refractivity (Wildman–Crippen MR) is 124 cm³/mol. The first-order valence-corrected chi connectivity index (χ1v) is 11.4. The summed E-state index contributed by atoms with van der Waals surface area (Å²) < 4.78 is 25.0. The van der Waals surface area contributed by atoms with Crippen molar-refractivity contribution >= 4 is 29.1 Å². The number of ether oxygens (including phenoxy) is 2. The summed E-state index contributed by atoms with van der Waals surface area (Å²) in [6.07, 6.45) is -0.468. The van der Waals surface area contributed by atoms with E-state index in [1.807, 2.05) is 0 Å². The first kappa shape index (κ1) is 25.0. The van der Waals surface area contributed by atoms with Gasteiger partial charge in [-0.1, -0.05) is 22.8 Å². The van der Waals surface area contributed by atoms with Crippen molar-refractivity contribution < 1.29 is 28.3 Å². The van der Waals surface area contributed by atoms with Crippen LogP contribution in [0.5, 0.6) is 0 Å². The Labute approximate surface area is 206 Å². The van der Waals surface area contributed by atoms with Crippen LogP contribution in [0.25, 0.3) is 0 Å². The highest BCUT2D eigenvalue weighted by Crippen LogP contribution is 2.23. The van der Waals surface area contributed by atoms with Gasteiger partial charge in [-0.2, -0.15) is 0 Å². The lowest BCUT2D eigenvalue weighted by Crippen LogP contribution is -2.46. The molecular formula is C23H25ClFN5O5. The normalized spacial score (nSPS) is 21.7. The molecule has 1 saturated heterocycles. The predicted octanol–water partition coefficient (Wildman–Crippen LogP) is 1.92. The molecule has 2 N–H and O–H groups in total. The van der Waals surface area contributed by atoms with E-state index in [1.54, 1.807) is 19.1 Å². The van der Waals surface area contributed by atoms with Gasteiger partial charge in [-0.15, -0.1) is 0 Å². The number of oxime groups is 1. The van der Waals surface area contributed by atoms with Gasteiger partial charge in [0.05, 0.1) is 30.0 Å². The molecule has 1 aromatic carbocycles. The summed E-state index contributed by atoms with van der Waals surface area (Å²) in [5, 5.41) is 9.58. The van der Waals surface area contributed by atoms with E-state index in [0.29, 0.717) is 49.0 Å². The Morgan fingerprint density at radius 2 is 1.97 bits per heavy atom. The van der Waals surface area contributed by atoms with Crippen molar-refractivity contribution in [2.45, 2.75) is 45.1 Å². The number of benzene rings is 1. The molecule has 10 nitrogen and oxygen atoms in total. The molecule has 0 radical (unpaired) electrons. The maximum atomic E-state index is 13.3. The van der Waals surface area contributed by atoms with Gasteiger partial charge in [-0.05, 0) is 30.7 Å². The number of carbonyl (C=O) groups excluding carboxylic acids is 2. The monoisotopic (exact) mass is 505 g/mol. The number of nitrogens with one attached hydrogen (secondary N) is 2. The molecule has 2 amide bonds. The number of hydrogen-bond donors (Lipinski definition) is 2. The molecule has 2 aromatic rings. The van der Waals surface area contributed by atoms with Crippen molar-refractivity contribution in [1.29, 1.82) is 0 Å². The van der Waals surface area contributed by atoms with Crippen molar-refractivity contribution in [2.75, 3.05) is 19.8 Å². The lowest BCUT2D eigenvalue weighted by molar-refractivity contribution is -0.170. The third kappa shape index (κ3) is 6.50. The van der Waals surface area contributed by atoms with E-state index in [1.165, 1.54) is 19.1 Å². The molecular weight excluding hydrogens is 481 g/mol. The molecule has 3 heterocycles. The zero-order valence-corrected chi connectivity index (χ0v) is 20.0. The Kier molecular flexibility index (Phi) is 7.89. The van der Waals surface area contributed by atoms with Crippen LogP contribution in [0.1, 0.15) is 40.9 Å². The molecule has 2 unspecified atom stereocenters. The standard InChI is InChI=1S/C23H25ClFN5O5/c1-12-28-18(6-20(29-12)23(32)27-8-14-3-4-17(25)16(24)5-14)19-7-21(35-30-19)22-11-33-15(10-34-22)9-26-13(2)31/h3-6,15,21-22H,7-11H2,1-2H3,(H,26,31)(H,27,32)/t15-,21?,22?/m1/s1. The zero-order chi connectivity index (χ0) is 24.9. The van der Waals surface area contributed by atoms with Crippen LogP contribution in [-0.4, -0.2) is 65.6 Å². The molecule has 1 aromatic heterocycles. The van der Waals surface area contributed by atoms with E-state index in [9.17, 15) is 14.0 Å². The number of hydrogen-bond acceptors (Lipinski definition) is 8. The van der Waals surface area contributed by atoms with Gasteiger partial charge in [-0.25, -0.2) is 14.4 Å². The van der Waals surface area contributed by atoms with Crippen molar-refractivity contribution in [1.82, 2.24) is 20.6 Å². The van der Waals surface area contributed by atoms with Crippen molar-refractivity contribution in [3.63, 3.8) is 0 Å². The van der Waals surface area contributed by atoms with Crippen molar-refractivity contribution in [3.8, 4) is 0 Å². The largest absolute Gasteiger partial charge is 0.389 e. The summed E-state index contributed by atoms with van der Waals surface area (Å²) in [6.45, 7) is 4.31. The average Bonchev–Trinajstić information content (AvgIpc) is 3.33. The minimum Gasteiger partial charge on any atom is -0.389 e. The van der Waals surface area contributed by atoms with Gasteiger partial charge in [0.2, 0.25) is 5.91 Å². The third-order valence-electron chi connectivity index (χ3n) is 5.48. The van der Waals surface area contributed by atoms with E-state index in [-0.39, 0.29) is 41.5 Å². The molecule has 0 aliphatic carbocycles. The second-order valence-corrected chi connectivity index (χ2v) is 8.67. The van der Waals surface area contributed by atoms with Crippen molar-refractivity contribution in [2.24, 2.45) is 5.16 Å². The Morgan fingerprint density at radius 1 is 1.14 bits per heavy atom. The molecule has 0 saturated carbocycles. The van der Waals surface area contributed by atoms with Crippen LogP contribution in [-0.2, 0) is 25.7 Å². The summed E-state index contributed by atoms with van der Waals surface area (Å²) in [7, 11) is 0. The molecule has 12 heteroatoms. The summed E-state index contributed by atoms with van der Waals surface area (Å²) in [5.41, 5.74) is 1.88. The summed E-state index contributed by atoms with van der Waals surface area (Å²) in [6, 6.07) is 5.79. The van der Waals surface area contributed by atoms with E-state index in [4.69, 9.17) is 25.9 Å². The summed E-state index contributed by atoms with van der Waals surface area (Å²) in [4.78, 5) is 37.9. The van der Waals surface area contributed by atoms with Gasteiger partial charge in [0, 0.05) is 26.4 Å². The highest BCUT2D eigenvalue weighted by molar-refractivity contribution is 6.30. The topological polar surface area (TPSA) is 124 Å². The van der Waals surface area contributed by atoms with Gasteiger partial charge < -0.3 is 24.9 Å². The van der Waals surface area contributed by atoms with Crippen LogP contribution in [0.2, 0.25) is 5.02 Å². The number of carbonyl (C=O) groups is 2. The summed E-state index contributed by atoms with van der Waals surface area (Å²) in [5.74, 6) is -0.657. The average molecular weight is 506 g/mol. The number of nitrogens with zero attached hydrogens (tertiary/aromatic N) is 3. The molecule has 0 bridgehead atoms. The van der Waals surface area contributed by atoms with Crippen molar-refractivity contribution in [3.05, 3.63) is 57.9 Å². The smallest absolute Gasteiger partial charge is 0.270 e. The fourth-order valence-electron chi connectivity index (χ4n) is 3.65. The van der Waals surface area contributed by atoms with Crippen LogP contribution in [0.3, 0.4) is 0 Å². The molecule has 4 rings (SSSR count). The van der Waals surface area contributed by atoms with Gasteiger partial charge in [0.15, 0.2) is 6.10 Å². The molecule has 2 aliphatic heterocycles. The minimum atomic E-state index is -0.523. The number of rotatable bonds is 7. The van der Waals surface area contributed by atoms with Crippen LogP contribution >= 0.6 is 11.6 Å². The van der Waals surface area contributed by atoms with Gasteiger partial charge in [0.25, 0.3) is 5.91 Å². The quantitative estimate of drug-likeness (QED) is 0.589. The van der Waals surface area contributed by atoms with E-state index < -0.39 is 11.7 Å². The SMILES string of the molecule is CC(=O)NC[C@@H]1COC(C2CC(c3cc(C(=O)NCc4ccc(F)c(Cl)c4)nc(C)n3)=NO2)CO1. The number of aryl methyl sites for hydroxylation is 1. The lowest BCUT2D eigenvalue weighted by atomic mass is 10.0. The fourth-order valence-corrected chi connectivity index (χ4v) is 3.85. The molecule has 3 atom stereocenters. The van der Waals surface area contributed by atoms with Crippen LogP contribution < -0.4 is 10.6 Å². The number of halogens is 2. The van der Waals surface area contributed by atoms with Gasteiger partial charge in [0.1, 0.15) is 29.2 Å². The first-order chi connectivity index (χ1) is 16.8.